The number of hydrogen-bond acceptors (Lipinski definition) is 2. The van der Waals surface area contributed by atoms with Crippen molar-refractivity contribution in [3.63, 3.8) is 0 Å². The van der Waals surface area contributed by atoms with Crippen LogP contribution in [-0.4, -0.2) is 89.8 Å². The summed E-state index contributed by atoms with van der Waals surface area (Å²) >= 11 is 0. The molecule has 0 aliphatic carbocycles. The Balaban J connectivity index is 2.39. The third kappa shape index (κ3) is 7.17. The van der Waals surface area contributed by atoms with Gasteiger partial charge in [-0.2, -0.15) is 0 Å². The zero-order chi connectivity index (χ0) is 12.4. The van der Waals surface area contributed by atoms with Crippen LogP contribution in [0.5, 0.6) is 0 Å². The summed E-state index contributed by atoms with van der Waals surface area (Å²) in [6, 6.07) is 0. The van der Waals surface area contributed by atoms with E-state index in [1.807, 2.05) is 0 Å². The monoisotopic (exact) mass is 232 g/mol. The maximum atomic E-state index is 5.96. The van der Waals surface area contributed by atoms with Gasteiger partial charge in [-0.15, -0.1) is 0 Å². The molecule has 0 aromatic heterocycles. The molecule has 1 rings (SSSR count). The van der Waals surface area contributed by atoms with Crippen molar-refractivity contribution in [1.82, 2.24) is 0 Å². The lowest BCUT2D eigenvalue weighted by molar-refractivity contribution is -0.895. The molecule has 1 atom stereocenters. The first-order valence-electron chi connectivity index (χ1n) is 6.00. The van der Waals surface area contributed by atoms with Gasteiger partial charge in [0.2, 0.25) is 0 Å². The molecule has 1 aliphatic rings. The molecule has 1 saturated heterocycles. The predicted molar refractivity (Wildman–Crippen MR) is 65.3 cm³/mol. The minimum Gasteiger partial charge on any atom is -0.371 e. The van der Waals surface area contributed by atoms with Gasteiger partial charge in [-0.25, -0.2) is 0 Å². The standard InChI is InChI=1S/C12H28N2O2/c1-13(2,3)7-11(8-14(4,5)6)15-9-12-10-16-12/h11-12H,7-10H2,1-6H3/q+2. The van der Waals surface area contributed by atoms with Gasteiger partial charge in [0.05, 0.1) is 55.5 Å². The molecule has 4 nitrogen and oxygen atoms in total. The van der Waals surface area contributed by atoms with Crippen molar-refractivity contribution in [2.75, 3.05) is 68.6 Å². The molecule has 1 heterocycles. The minimum atomic E-state index is 0.309. The van der Waals surface area contributed by atoms with Gasteiger partial charge in [-0.3, -0.25) is 0 Å². The first kappa shape index (κ1) is 13.9. The van der Waals surface area contributed by atoms with Crippen LogP contribution in [0, 0.1) is 0 Å². The highest BCUT2D eigenvalue weighted by Gasteiger charge is 2.29. The lowest BCUT2D eigenvalue weighted by Gasteiger charge is -2.33. The fraction of sp³-hybridized carbons (Fsp3) is 1.00. The third-order valence-electron chi connectivity index (χ3n) is 2.42. The van der Waals surface area contributed by atoms with Gasteiger partial charge in [-0.05, 0) is 0 Å². The van der Waals surface area contributed by atoms with Crippen LogP contribution in [0.4, 0.5) is 0 Å². The van der Waals surface area contributed by atoms with E-state index in [9.17, 15) is 0 Å². The Labute approximate surface area is 99.9 Å². The van der Waals surface area contributed by atoms with Crippen molar-refractivity contribution in [2.24, 2.45) is 0 Å². The van der Waals surface area contributed by atoms with Crippen molar-refractivity contribution in [3.8, 4) is 0 Å². The summed E-state index contributed by atoms with van der Waals surface area (Å²) in [6.07, 6.45) is 0.673. The largest absolute Gasteiger partial charge is 0.371 e. The number of rotatable bonds is 7. The number of quaternary nitrogens is 2. The Morgan fingerprint density at radius 3 is 1.81 bits per heavy atom. The van der Waals surface area contributed by atoms with Crippen molar-refractivity contribution in [3.05, 3.63) is 0 Å². The van der Waals surface area contributed by atoms with Crippen LogP contribution in [0.1, 0.15) is 0 Å². The average molecular weight is 232 g/mol. The van der Waals surface area contributed by atoms with Gasteiger partial charge in [0.1, 0.15) is 19.2 Å². The van der Waals surface area contributed by atoms with Crippen LogP contribution in [0.3, 0.4) is 0 Å². The van der Waals surface area contributed by atoms with Crippen LogP contribution in [0.2, 0.25) is 0 Å². The van der Waals surface area contributed by atoms with Crippen molar-refractivity contribution in [1.29, 1.82) is 0 Å². The van der Waals surface area contributed by atoms with Crippen LogP contribution in [-0.2, 0) is 9.47 Å². The fourth-order valence-corrected chi connectivity index (χ4v) is 1.79. The Kier molecular flexibility index (Phi) is 4.35. The van der Waals surface area contributed by atoms with Gasteiger partial charge >= 0.3 is 0 Å². The fourth-order valence-electron chi connectivity index (χ4n) is 1.79. The molecular weight excluding hydrogens is 204 g/mol. The topological polar surface area (TPSA) is 21.8 Å². The van der Waals surface area contributed by atoms with E-state index in [-0.39, 0.29) is 0 Å². The maximum absolute atomic E-state index is 5.96. The lowest BCUT2D eigenvalue weighted by Crippen LogP contribution is -2.50. The number of epoxide rings is 1. The van der Waals surface area contributed by atoms with E-state index in [0.717, 1.165) is 35.3 Å². The van der Waals surface area contributed by atoms with Gasteiger partial charge in [-0.1, -0.05) is 0 Å². The summed E-state index contributed by atoms with van der Waals surface area (Å²) in [5.74, 6) is 0. The SMILES string of the molecule is C[N+](C)(C)CC(C[N+](C)(C)C)OCC1CO1. The quantitative estimate of drug-likeness (QED) is 0.461. The van der Waals surface area contributed by atoms with Crippen LogP contribution in [0.25, 0.3) is 0 Å². The van der Waals surface area contributed by atoms with Crippen molar-refractivity contribution in [2.45, 2.75) is 12.2 Å². The number of nitrogens with zero attached hydrogens (tertiary/aromatic N) is 2. The maximum Gasteiger partial charge on any atom is 0.155 e. The highest BCUT2D eigenvalue weighted by Crippen LogP contribution is 2.12. The molecule has 16 heavy (non-hydrogen) atoms. The second-order valence-electron chi connectivity index (χ2n) is 6.86. The van der Waals surface area contributed by atoms with Gasteiger partial charge < -0.3 is 18.4 Å². The molecule has 0 N–H and O–H groups in total. The van der Waals surface area contributed by atoms with E-state index in [4.69, 9.17) is 9.47 Å². The molecule has 1 unspecified atom stereocenters. The summed E-state index contributed by atoms with van der Waals surface area (Å²) in [5.41, 5.74) is 0. The summed E-state index contributed by atoms with van der Waals surface area (Å²) in [7, 11) is 13.2. The van der Waals surface area contributed by atoms with Crippen LogP contribution >= 0.6 is 0 Å². The molecule has 0 spiro atoms. The Hall–Kier alpha value is -0.160. The molecule has 96 valence electrons. The smallest absolute Gasteiger partial charge is 0.155 e. The van der Waals surface area contributed by atoms with Crippen LogP contribution in [0.15, 0.2) is 0 Å². The van der Waals surface area contributed by atoms with E-state index < -0.39 is 0 Å². The molecule has 0 aromatic rings. The van der Waals surface area contributed by atoms with Gasteiger partial charge in [0, 0.05) is 0 Å². The molecule has 0 amide bonds. The zero-order valence-corrected chi connectivity index (χ0v) is 11.7. The summed E-state index contributed by atoms with van der Waals surface area (Å²) in [6.45, 7) is 3.72. The van der Waals surface area contributed by atoms with E-state index >= 15 is 0 Å². The summed E-state index contributed by atoms with van der Waals surface area (Å²) in [4.78, 5) is 0. The Bertz CT molecular complexity index is 198. The Morgan fingerprint density at radius 1 is 1.06 bits per heavy atom. The van der Waals surface area contributed by atoms with Gasteiger partial charge in [0.25, 0.3) is 0 Å². The predicted octanol–water partition coefficient (Wildman–Crippen LogP) is 0.183. The molecule has 1 aliphatic heterocycles. The molecule has 1 fully saturated rings. The highest BCUT2D eigenvalue weighted by atomic mass is 16.6. The van der Waals surface area contributed by atoms with Crippen molar-refractivity contribution >= 4 is 0 Å². The number of ether oxygens (including phenoxy) is 2. The lowest BCUT2D eigenvalue weighted by atomic mass is 10.2. The molecule has 0 saturated carbocycles. The van der Waals surface area contributed by atoms with Gasteiger partial charge in [0.15, 0.2) is 6.10 Å². The van der Waals surface area contributed by atoms with Crippen molar-refractivity contribution < 1.29 is 18.4 Å². The number of hydrogen-bond donors (Lipinski definition) is 0. The molecule has 4 heteroatoms. The molecule has 0 aromatic carbocycles. The number of likely N-dealkylation sites (N-methyl/N-ethyl adjacent to an activating group) is 2. The van der Waals surface area contributed by atoms with E-state index in [2.05, 4.69) is 42.3 Å². The van der Waals surface area contributed by atoms with E-state index in [1.54, 1.807) is 0 Å². The Morgan fingerprint density at radius 2 is 1.50 bits per heavy atom. The molecular formula is C12H28N2O2+2. The average Bonchev–Trinajstić information content (AvgIpc) is 2.76. The highest BCUT2D eigenvalue weighted by molar-refractivity contribution is 4.69. The van der Waals surface area contributed by atoms with E-state index in [0.29, 0.717) is 12.2 Å². The second-order valence-corrected chi connectivity index (χ2v) is 6.86. The first-order valence-corrected chi connectivity index (χ1v) is 6.00. The first-order chi connectivity index (χ1) is 7.16. The second kappa shape index (κ2) is 5.00. The van der Waals surface area contributed by atoms with E-state index in [1.165, 1.54) is 0 Å². The van der Waals surface area contributed by atoms with Crippen LogP contribution < -0.4 is 0 Å². The minimum absolute atomic E-state index is 0.309. The summed E-state index contributed by atoms with van der Waals surface area (Å²) < 4.78 is 13.0. The molecule has 0 bridgehead atoms. The normalized spacial score (nSPS) is 21.6. The summed E-state index contributed by atoms with van der Waals surface area (Å²) in [5, 5.41) is 0. The third-order valence-corrected chi connectivity index (χ3v) is 2.42. The zero-order valence-electron chi connectivity index (χ0n) is 11.7. The molecule has 0 radical (unpaired) electrons.